The molecular formula is C70H85N26O40P5. The largest absolute Gasteiger partial charge is 0.472 e. The standard InChI is InChI=1S/C70H85N26O40P5/c1-4-90-14-27(41(97)26-6-5-25(3)82-53(26)90)58(105)76-12-29-28(11-37(126-29)93-13-24(2)57(104)89-70(93)110)132-137(111,112)122-16-33-50(46(102)64(130-33)95-22-80-39-55(95)85-66(74)87-59(39)106)135-140(117,118)124-18-32-49(45(101)63(129-32)92-10-8-36(72)84-69(92)109)134-139(115,116)125-19-34-51(47(103)65(131-34)96-23-81-40-56(96)86-67(75)88-60(40)107)136-141(119,120)123-17-31-48(44(100)62(128-31)91-9-7-35(71)83-68(91)108)133-138(113,114)121-15-30-42(98)43(99)61(127-30)94-21-79-38-52(73)77-20-78-54(38)94/h5-10,13-14,20-23,28-34,37,42-51,61-65,98-103H,4,11-12,15-19H2,1-3H3,(H,76,105)(H,111,112)(H,113,114)(H,115,116)(H,117,118)(H,119,120)(H2,71,83,108)(H2,72,84,109)(H2,73,77,78)(H,89,104,110)(H3,74,85,87,106)(H3,75,86,88,107)/t28-,29+,30+,31+,32+,33+,34+,37+,42+,43+,44+,45+,46+,47+,48+,49+,50+,51+,61+,62+,63+,64+,65+/m0/s1. The topological polar surface area (TPSA) is 945 Å². The molecule has 17 rings (SSSR count). The molecule has 71 heteroatoms. The number of hydrogen-bond acceptors (Lipinski definition) is 50. The van der Waals surface area contributed by atoms with Gasteiger partial charge in [-0.1, -0.05) is 0 Å². The number of amides is 1. The first-order chi connectivity index (χ1) is 66.6. The molecule has 760 valence electrons. The van der Waals surface area contributed by atoms with Gasteiger partial charge in [-0.3, -0.25) is 112 Å². The molecule has 0 aromatic carbocycles. The molecule has 1 amide bonds. The number of imidazole rings is 3. The summed E-state index contributed by atoms with van der Waals surface area (Å²) in [7, 11) is -29.5. The molecule has 0 aliphatic carbocycles. The molecule has 0 radical (unpaired) electrons. The fourth-order valence-electron chi connectivity index (χ4n) is 16.3. The minimum atomic E-state index is -6.08. The van der Waals surface area contributed by atoms with E-state index in [1.807, 2.05) is 0 Å². The number of phosphoric acid groups is 5. The van der Waals surface area contributed by atoms with Gasteiger partial charge in [0.05, 0.1) is 57.4 Å². The van der Waals surface area contributed by atoms with E-state index in [1.54, 1.807) is 24.5 Å². The van der Waals surface area contributed by atoms with Crippen LogP contribution in [0, 0.1) is 13.8 Å². The molecule has 17 heterocycles. The molecule has 11 aromatic rings. The number of H-pyrrole nitrogens is 3. The number of rotatable bonds is 35. The Balaban J connectivity index is 0.603. The Kier molecular flexibility index (Phi) is 28.2. The lowest BCUT2D eigenvalue weighted by Gasteiger charge is -2.27. The van der Waals surface area contributed by atoms with E-state index in [0.717, 1.165) is 69.7 Å². The van der Waals surface area contributed by atoms with Gasteiger partial charge in [-0.2, -0.15) is 19.9 Å². The Morgan fingerprint density at radius 1 is 0.454 bits per heavy atom. The van der Waals surface area contributed by atoms with E-state index in [4.69, 9.17) is 102 Å². The van der Waals surface area contributed by atoms with Crippen molar-refractivity contribution in [2.24, 2.45) is 0 Å². The number of aromatic amines is 3. The summed E-state index contributed by atoms with van der Waals surface area (Å²) in [4.78, 5) is 211. The first-order valence-electron chi connectivity index (χ1n) is 41.6. The number of nitrogens with zero attached hydrogens (tertiary/aromatic N) is 17. The number of carbonyl (C=O) groups excluding carboxylic acids is 1. The van der Waals surface area contributed by atoms with Crippen LogP contribution in [0.5, 0.6) is 0 Å². The summed E-state index contributed by atoms with van der Waals surface area (Å²) in [6.45, 7) is -2.41. The van der Waals surface area contributed by atoms with Crippen molar-refractivity contribution in [3.8, 4) is 0 Å². The molecule has 5 unspecified atom stereocenters. The highest BCUT2D eigenvalue weighted by Crippen LogP contribution is 2.57. The van der Waals surface area contributed by atoms with Crippen LogP contribution in [0.3, 0.4) is 0 Å². The number of phosphoric ester groups is 5. The van der Waals surface area contributed by atoms with E-state index < -0.39 is 311 Å². The van der Waals surface area contributed by atoms with Crippen LogP contribution in [0.1, 0.15) is 72.3 Å². The monoisotopic (exact) mass is 2080 g/mol. The van der Waals surface area contributed by atoms with Gasteiger partial charge in [0.15, 0.2) is 64.9 Å². The zero-order valence-electron chi connectivity index (χ0n) is 72.3. The number of carbonyl (C=O) groups is 1. The fraction of sp³-hybridized carbons (Fsp3) is 0.486. The number of fused-ring (bicyclic) bond motifs is 4. The number of aryl methyl sites for hydroxylation is 3. The minimum absolute atomic E-state index is 0.00256. The van der Waals surface area contributed by atoms with E-state index >= 15 is 0 Å². The van der Waals surface area contributed by atoms with Crippen LogP contribution >= 0.6 is 39.1 Å². The van der Waals surface area contributed by atoms with Crippen LogP contribution < -0.4 is 73.2 Å². The van der Waals surface area contributed by atoms with Crippen LogP contribution in [0.25, 0.3) is 44.5 Å². The number of hydrogen-bond donors (Lipinski definition) is 20. The van der Waals surface area contributed by atoms with Gasteiger partial charge in [-0.15, -0.1) is 0 Å². The number of pyridine rings is 2. The second kappa shape index (κ2) is 39.4. The molecule has 0 bridgehead atoms. The van der Waals surface area contributed by atoms with E-state index in [1.165, 1.54) is 23.8 Å². The third-order valence-electron chi connectivity index (χ3n) is 23.0. The Bertz CT molecular complexity index is 7390. The van der Waals surface area contributed by atoms with Gasteiger partial charge in [-0.25, -0.2) is 67.1 Å². The predicted octanol–water partition coefficient (Wildman–Crippen LogP) is -6.70. The molecule has 11 aromatic heterocycles. The van der Waals surface area contributed by atoms with E-state index in [2.05, 4.69) is 70.1 Å². The van der Waals surface area contributed by atoms with Crippen LogP contribution in [0.2, 0.25) is 0 Å². The predicted molar refractivity (Wildman–Crippen MR) is 463 cm³/mol. The highest BCUT2D eigenvalue weighted by Gasteiger charge is 2.58. The number of aliphatic hydroxyl groups is 6. The normalized spacial score (nSPS) is 29.6. The van der Waals surface area contributed by atoms with Gasteiger partial charge in [0, 0.05) is 55.6 Å². The van der Waals surface area contributed by atoms with E-state index in [9.17, 15) is 116 Å². The van der Waals surface area contributed by atoms with Crippen molar-refractivity contribution in [2.75, 3.05) is 68.2 Å². The van der Waals surface area contributed by atoms with Gasteiger partial charge in [0.1, 0.15) is 145 Å². The smallest absolute Gasteiger partial charge is 0.387 e. The Morgan fingerprint density at radius 3 is 1.33 bits per heavy atom. The Morgan fingerprint density at radius 2 is 0.872 bits per heavy atom. The second-order valence-corrected chi connectivity index (χ2v) is 39.3. The van der Waals surface area contributed by atoms with Gasteiger partial charge in [-0.05, 0) is 45.0 Å². The number of aliphatic hydroxyl groups excluding tert-OH is 6. The van der Waals surface area contributed by atoms with Gasteiger partial charge in [0.25, 0.3) is 22.6 Å². The van der Waals surface area contributed by atoms with E-state index in [-0.39, 0.29) is 51.5 Å². The first-order valence-corrected chi connectivity index (χ1v) is 49.1. The maximum absolute atomic E-state index is 14.7. The third-order valence-corrected chi connectivity index (χ3v) is 27.9. The van der Waals surface area contributed by atoms with E-state index in [0.29, 0.717) is 14.8 Å². The van der Waals surface area contributed by atoms with Crippen molar-refractivity contribution in [2.45, 2.75) is 175 Å². The maximum atomic E-state index is 14.7. The lowest BCUT2D eigenvalue weighted by Crippen LogP contribution is -2.40. The van der Waals surface area contributed by atoms with Crippen molar-refractivity contribution in [3.05, 3.63) is 164 Å². The fourth-order valence-corrected chi connectivity index (χ4v) is 21.1. The SMILES string of the molecule is CCn1cc(C(=O)NC[C@H]2O[C@@H](n3cc(C)c(=O)[nH]c3=O)C[C@@H]2OP(=O)(O)OC[C@H]2O[C@@H](n3cnc4c(=O)[nH]c(N)nc43)[C@H](O)[C@@H]2OP(=O)(O)OC[C@H]2O[C@@H](n3ccc(N)nc3=O)[C@H](O)[C@@H]2OP(=O)(O)OC[C@H]2O[C@@H](n3cnc4c(=O)[nH]c(N)nc43)[C@H](O)[C@@H]2OP(=O)(O)OC[C@H]2O[C@@H](n3ccc(N)nc3=O)[C@H](O)[C@@H]2OP(=O)(O)OC[C@H]2O[C@@H](n3cnc4c(N)ncnc43)[C@H](O)[C@@H]2O)c(=O)c2ccc(C)nc21. The average molecular weight is 2090 g/mol. The van der Waals surface area contributed by atoms with Crippen LogP contribution in [-0.2, 0) is 103 Å². The lowest BCUT2D eigenvalue weighted by atomic mass is 10.1. The number of nitrogen functional groups attached to an aromatic ring is 5. The minimum Gasteiger partial charge on any atom is -0.387 e. The highest BCUT2D eigenvalue weighted by molar-refractivity contribution is 7.48. The number of aromatic nitrogens is 20. The lowest BCUT2D eigenvalue weighted by molar-refractivity contribution is -0.0656. The summed E-state index contributed by atoms with van der Waals surface area (Å²) in [6, 6.07) is 5.10. The highest BCUT2D eigenvalue weighted by atomic mass is 31.2. The molecule has 141 heavy (non-hydrogen) atoms. The van der Waals surface area contributed by atoms with Crippen molar-refractivity contribution >= 4 is 119 Å². The molecule has 0 spiro atoms. The average Bonchev–Trinajstić information content (AvgIpc) is 1.73. The summed E-state index contributed by atoms with van der Waals surface area (Å²) in [6.07, 6.45) is -39.7. The summed E-state index contributed by atoms with van der Waals surface area (Å²) >= 11 is 0. The van der Waals surface area contributed by atoms with Crippen molar-refractivity contribution in [1.82, 2.24) is 102 Å². The van der Waals surface area contributed by atoms with Gasteiger partial charge >= 0.3 is 56.2 Å². The summed E-state index contributed by atoms with van der Waals surface area (Å²) in [5.41, 5.74) is 20.9. The van der Waals surface area contributed by atoms with Crippen molar-refractivity contribution in [3.63, 3.8) is 0 Å². The molecule has 6 fully saturated rings. The number of nitrogens with two attached hydrogens (primary N) is 5. The third kappa shape index (κ3) is 20.8. The summed E-state index contributed by atoms with van der Waals surface area (Å²) < 4.78 is 169. The molecule has 25 N–H and O–H groups in total. The summed E-state index contributed by atoms with van der Waals surface area (Å²) in [5, 5.41) is 72.9. The Labute approximate surface area is 781 Å². The number of ether oxygens (including phenoxy) is 6. The molecule has 6 aliphatic rings. The molecule has 0 saturated carbocycles. The van der Waals surface area contributed by atoms with Crippen molar-refractivity contribution in [1.29, 1.82) is 0 Å². The molecule has 28 atom stereocenters. The zero-order chi connectivity index (χ0) is 101. The zero-order valence-corrected chi connectivity index (χ0v) is 76.8. The number of anilines is 5. The van der Waals surface area contributed by atoms with Crippen molar-refractivity contribution < 1.29 is 156 Å². The molecular weight excluding hydrogens is 2000 g/mol. The quantitative estimate of drug-likeness (QED) is 0.0164. The van der Waals surface area contributed by atoms with Gasteiger partial charge in [0.2, 0.25) is 17.3 Å². The molecule has 6 aliphatic heterocycles. The molecule has 6 saturated heterocycles. The summed E-state index contributed by atoms with van der Waals surface area (Å²) in [5.74, 6) is -2.86. The van der Waals surface area contributed by atoms with Crippen LogP contribution in [-0.4, -0.2) is 301 Å². The van der Waals surface area contributed by atoms with Gasteiger partial charge < -0.3 is 122 Å². The van der Waals surface area contributed by atoms with Crippen LogP contribution in [0.15, 0.2) is 108 Å². The first kappa shape index (κ1) is 101. The maximum Gasteiger partial charge on any atom is 0.472 e. The van der Waals surface area contributed by atoms with Crippen LogP contribution in [0.4, 0.5) is 29.4 Å². The second-order valence-electron chi connectivity index (χ2n) is 32.3. The Hall–Kier alpha value is -11.4. The number of nitrogens with one attached hydrogen (secondary N) is 4. The molecule has 66 nitrogen and oxygen atoms in total.